The molecule has 1 aliphatic heterocycles. The first-order valence-electron chi connectivity index (χ1n) is 22.3. The number of benzene rings is 3. The number of allylic oxidation sites excluding steroid dienone is 1. The number of fused-ring (bicyclic) bond motifs is 2. The minimum absolute atomic E-state index is 0.0290. The summed E-state index contributed by atoms with van der Waals surface area (Å²) in [5.74, 6) is -1.13. The van der Waals surface area contributed by atoms with Gasteiger partial charge in [-0.1, -0.05) is 86.2 Å². The fourth-order valence-electron chi connectivity index (χ4n) is 10.6. The Bertz CT molecular complexity index is 2000. The molecule has 7 rings (SSSR count). The number of amides is 1. The van der Waals surface area contributed by atoms with Crippen LogP contribution in [-0.4, -0.2) is 65.5 Å². The number of rotatable bonds is 21. The van der Waals surface area contributed by atoms with Gasteiger partial charge in [0.1, 0.15) is 42.9 Å². The molecule has 0 bridgehead atoms. The first-order valence-corrected chi connectivity index (χ1v) is 22.3. The summed E-state index contributed by atoms with van der Waals surface area (Å²) in [6, 6.07) is 17.9. The Morgan fingerprint density at radius 3 is 2.46 bits per heavy atom. The molecular weight excluding hydrogens is 779 g/mol. The lowest BCUT2D eigenvalue weighted by Crippen LogP contribution is -2.70. The summed E-state index contributed by atoms with van der Waals surface area (Å²) in [7, 11) is 1.53. The molecule has 0 aromatic heterocycles. The Labute approximate surface area is 359 Å². The molecule has 3 aliphatic carbocycles. The number of nitrogens with zero attached hydrogens (tertiary/aromatic N) is 2. The topological polar surface area (TPSA) is 110 Å². The van der Waals surface area contributed by atoms with Gasteiger partial charge >= 0.3 is 0 Å². The van der Waals surface area contributed by atoms with Crippen LogP contribution in [0.25, 0.3) is 0 Å². The van der Waals surface area contributed by atoms with Gasteiger partial charge in [-0.2, -0.15) is 0 Å². The van der Waals surface area contributed by atoms with Gasteiger partial charge in [0.2, 0.25) is 11.7 Å². The quantitative estimate of drug-likeness (QED) is 0.0625. The van der Waals surface area contributed by atoms with Crippen molar-refractivity contribution >= 4 is 11.6 Å². The first kappa shape index (κ1) is 44.5. The van der Waals surface area contributed by atoms with Gasteiger partial charge in [-0.15, -0.1) is 6.58 Å². The molecule has 4 aliphatic rings. The molecule has 2 N–H and O–H groups in total. The lowest BCUT2D eigenvalue weighted by molar-refractivity contribution is -0.258. The number of unbranched alkanes of at least 4 members (excludes halogenated alkanes) is 2. The van der Waals surface area contributed by atoms with Gasteiger partial charge in [0, 0.05) is 49.6 Å². The van der Waals surface area contributed by atoms with Crippen LogP contribution in [0, 0.1) is 35.3 Å². The highest BCUT2D eigenvalue weighted by Crippen LogP contribution is 2.62. The maximum atomic E-state index is 15.0. The second-order valence-electron chi connectivity index (χ2n) is 17.2. The molecule has 2 fully saturated rings. The van der Waals surface area contributed by atoms with Gasteiger partial charge < -0.3 is 34.2 Å². The molecule has 6 atom stereocenters. The van der Waals surface area contributed by atoms with Crippen molar-refractivity contribution in [2.45, 2.75) is 114 Å². The van der Waals surface area contributed by atoms with Crippen LogP contribution >= 0.6 is 0 Å². The van der Waals surface area contributed by atoms with Crippen molar-refractivity contribution in [2.75, 3.05) is 26.9 Å². The van der Waals surface area contributed by atoms with Crippen molar-refractivity contribution in [3.63, 3.8) is 0 Å². The molecule has 328 valence electrons. The van der Waals surface area contributed by atoms with E-state index in [0.29, 0.717) is 48.0 Å². The zero-order valence-electron chi connectivity index (χ0n) is 35.5. The molecule has 1 heterocycles. The minimum atomic E-state index is -1.42. The fourth-order valence-corrected chi connectivity index (χ4v) is 10.6. The van der Waals surface area contributed by atoms with E-state index >= 15 is 0 Å². The third-order valence-corrected chi connectivity index (χ3v) is 13.4. The summed E-state index contributed by atoms with van der Waals surface area (Å²) >= 11 is 0. The predicted octanol–water partition coefficient (Wildman–Crippen LogP) is 9.81. The van der Waals surface area contributed by atoms with Crippen LogP contribution in [0.15, 0.2) is 96.2 Å². The van der Waals surface area contributed by atoms with Gasteiger partial charge in [0.05, 0.1) is 18.2 Å². The van der Waals surface area contributed by atoms with Gasteiger partial charge in [0.25, 0.3) is 0 Å². The van der Waals surface area contributed by atoms with E-state index in [1.54, 1.807) is 36.4 Å². The van der Waals surface area contributed by atoms with Crippen LogP contribution in [0.2, 0.25) is 0 Å². The summed E-state index contributed by atoms with van der Waals surface area (Å²) in [6.07, 6.45) is 14.5. The Balaban J connectivity index is 1.40. The molecule has 0 saturated heterocycles. The van der Waals surface area contributed by atoms with E-state index in [1.807, 2.05) is 23.1 Å². The number of aliphatic hydroxyl groups is 2. The Morgan fingerprint density at radius 1 is 0.984 bits per heavy atom. The second-order valence-corrected chi connectivity index (χ2v) is 17.2. The SMILES string of the molecule is C=CCOC12Oc3ccc(OCc4ccccc4F)cc3C3C(CCCCO)C(CCCCO)C=C(C(=NOC)CC1N(Cc1ccc(F)cc1)C(=O)CCC1CCCC1)C32. The molecule has 0 radical (unpaired) electrons. The molecule has 1 amide bonds. The standard InChI is InChI=1S/C50H62F2N2O7/c1-3-28-60-50-46(54(32-35-18-21-38(51)22-19-35)47(57)25-20-34-12-4-5-13-34)31-44(53-58-2)41-29-36(14-8-10-26-55)40(16-9-11-27-56)48(49(41)50)42-30-39(23-24-45(42)61-50)59-33-37-15-6-7-17-43(37)52/h3,6-7,15,17-19,21-24,29-30,34,36,40,46,48-49,55-56H,1,4-5,8-14,16,20,25-28,31-33H2,2H3. The predicted molar refractivity (Wildman–Crippen MR) is 231 cm³/mol. The summed E-state index contributed by atoms with van der Waals surface area (Å²) in [5.41, 5.74) is 3.77. The van der Waals surface area contributed by atoms with Gasteiger partial charge in [-0.05, 0) is 97.4 Å². The molecule has 11 heteroatoms. The summed E-state index contributed by atoms with van der Waals surface area (Å²) in [6.45, 7) is 4.58. The average molecular weight is 841 g/mol. The maximum Gasteiger partial charge on any atom is 0.239 e. The van der Waals surface area contributed by atoms with Crippen LogP contribution in [0.1, 0.15) is 106 Å². The maximum absolute atomic E-state index is 15.0. The van der Waals surface area contributed by atoms with E-state index in [4.69, 9.17) is 24.2 Å². The van der Waals surface area contributed by atoms with Crippen molar-refractivity contribution in [3.8, 4) is 11.5 Å². The zero-order valence-corrected chi connectivity index (χ0v) is 35.5. The molecule has 3 aromatic carbocycles. The summed E-state index contributed by atoms with van der Waals surface area (Å²) < 4.78 is 49.8. The van der Waals surface area contributed by atoms with Gasteiger partial charge in [0.15, 0.2) is 0 Å². The Hall–Kier alpha value is -4.58. The minimum Gasteiger partial charge on any atom is -0.489 e. The summed E-state index contributed by atoms with van der Waals surface area (Å²) in [4.78, 5) is 22.5. The Morgan fingerprint density at radius 2 is 1.74 bits per heavy atom. The van der Waals surface area contributed by atoms with E-state index in [2.05, 4.69) is 12.7 Å². The number of carbonyl (C=O) groups excluding carboxylic acids is 1. The van der Waals surface area contributed by atoms with E-state index < -0.39 is 17.7 Å². The van der Waals surface area contributed by atoms with Gasteiger partial charge in [-0.3, -0.25) is 4.79 Å². The summed E-state index contributed by atoms with van der Waals surface area (Å²) in [5, 5.41) is 24.5. The smallest absolute Gasteiger partial charge is 0.239 e. The molecule has 0 spiro atoms. The lowest BCUT2D eigenvalue weighted by atomic mass is 9.55. The number of ether oxygens (including phenoxy) is 3. The fraction of sp³-hybridized carbons (Fsp3) is 0.520. The zero-order chi connectivity index (χ0) is 42.8. The monoisotopic (exact) mass is 840 g/mol. The molecule has 9 nitrogen and oxygen atoms in total. The van der Waals surface area contributed by atoms with Gasteiger partial charge in [-0.25, -0.2) is 8.78 Å². The van der Waals surface area contributed by atoms with Crippen LogP contribution < -0.4 is 9.47 Å². The third kappa shape index (κ3) is 10.1. The number of carbonyl (C=O) groups is 1. The van der Waals surface area contributed by atoms with E-state index in [0.717, 1.165) is 61.6 Å². The largest absolute Gasteiger partial charge is 0.489 e. The average Bonchev–Trinajstić information content (AvgIpc) is 3.80. The third-order valence-electron chi connectivity index (χ3n) is 13.4. The van der Waals surface area contributed by atoms with Crippen molar-refractivity contribution < 1.29 is 42.8 Å². The number of oxime groups is 1. The number of hydrogen-bond donors (Lipinski definition) is 2. The van der Waals surface area contributed by atoms with Crippen molar-refractivity contribution in [1.29, 1.82) is 0 Å². The van der Waals surface area contributed by atoms with E-state index in [-0.39, 0.29) is 74.7 Å². The number of halogens is 2. The molecule has 61 heavy (non-hydrogen) atoms. The normalized spacial score (nSPS) is 25.0. The van der Waals surface area contributed by atoms with Crippen LogP contribution in [-0.2, 0) is 27.5 Å². The highest BCUT2D eigenvalue weighted by molar-refractivity contribution is 6.03. The molecule has 3 aromatic rings. The highest BCUT2D eigenvalue weighted by atomic mass is 19.1. The van der Waals surface area contributed by atoms with Crippen molar-refractivity contribution in [3.05, 3.63) is 119 Å². The van der Waals surface area contributed by atoms with Crippen molar-refractivity contribution in [1.82, 2.24) is 4.90 Å². The molecular formula is C50H62F2N2O7. The first-order chi connectivity index (χ1) is 29.8. The number of aliphatic hydroxyl groups excluding tert-OH is 2. The van der Waals surface area contributed by atoms with Crippen LogP contribution in [0.5, 0.6) is 11.5 Å². The molecule has 6 unspecified atom stereocenters. The molecule has 2 saturated carbocycles. The van der Waals surface area contributed by atoms with E-state index in [1.165, 1.54) is 38.2 Å². The van der Waals surface area contributed by atoms with E-state index in [9.17, 15) is 23.8 Å². The van der Waals surface area contributed by atoms with Crippen molar-refractivity contribution in [2.24, 2.45) is 28.8 Å². The van der Waals surface area contributed by atoms with Crippen LogP contribution in [0.3, 0.4) is 0 Å². The highest BCUT2D eigenvalue weighted by Gasteiger charge is 2.65. The second kappa shape index (κ2) is 21.0. The Kier molecular flexibility index (Phi) is 15.3. The number of hydrogen-bond acceptors (Lipinski definition) is 8. The van der Waals surface area contributed by atoms with Crippen LogP contribution in [0.4, 0.5) is 8.78 Å². The lowest BCUT2D eigenvalue weighted by Gasteiger charge is -2.60.